The smallest absolute Gasteiger partial charge is 0.303 e. The van der Waals surface area contributed by atoms with Gasteiger partial charge in [-0.15, -0.1) is 0 Å². The maximum atomic E-state index is 11.8. The lowest BCUT2D eigenvalue weighted by atomic mass is 9.94. The predicted octanol–water partition coefficient (Wildman–Crippen LogP) is 2.57. The van der Waals surface area contributed by atoms with Crippen molar-refractivity contribution in [2.24, 2.45) is 11.8 Å². The van der Waals surface area contributed by atoms with E-state index < -0.39 is 5.97 Å². The number of nitrogens with one attached hydrogen (secondary N) is 1. The highest BCUT2D eigenvalue weighted by atomic mass is 16.4. The number of carbonyl (C=O) groups is 2. The Labute approximate surface area is 109 Å². The van der Waals surface area contributed by atoms with Crippen molar-refractivity contribution in [2.45, 2.75) is 58.3 Å². The zero-order valence-corrected chi connectivity index (χ0v) is 11.3. The molecular formula is C14H25NO3. The predicted molar refractivity (Wildman–Crippen MR) is 70.2 cm³/mol. The van der Waals surface area contributed by atoms with Gasteiger partial charge < -0.3 is 10.4 Å². The number of carboxylic acids is 1. The summed E-state index contributed by atoms with van der Waals surface area (Å²) in [5, 5.41) is 11.4. The van der Waals surface area contributed by atoms with Crippen molar-refractivity contribution in [1.82, 2.24) is 5.32 Å². The molecule has 1 unspecified atom stereocenters. The van der Waals surface area contributed by atoms with Gasteiger partial charge in [0.1, 0.15) is 0 Å². The second kappa shape index (κ2) is 8.11. The van der Waals surface area contributed by atoms with Crippen LogP contribution < -0.4 is 5.32 Å². The van der Waals surface area contributed by atoms with Crippen LogP contribution >= 0.6 is 0 Å². The fraction of sp³-hybridized carbons (Fsp3) is 0.857. The van der Waals surface area contributed by atoms with Crippen molar-refractivity contribution in [3.63, 3.8) is 0 Å². The molecule has 0 radical (unpaired) electrons. The molecule has 1 aliphatic rings. The summed E-state index contributed by atoms with van der Waals surface area (Å²) in [6.45, 7) is 2.59. The summed E-state index contributed by atoms with van der Waals surface area (Å²) in [6, 6.07) is 0. The third kappa shape index (κ3) is 6.03. The number of unbranched alkanes of at least 4 members (excludes halogenated alkanes) is 1. The van der Waals surface area contributed by atoms with Crippen molar-refractivity contribution in [3.05, 3.63) is 0 Å². The molecule has 4 heteroatoms. The van der Waals surface area contributed by atoms with Gasteiger partial charge in [0.15, 0.2) is 0 Å². The largest absolute Gasteiger partial charge is 0.481 e. The van der Waals surface area contributed by atoms with Gasteiger partial charge in [0.05, 0.1) is 0 Å². The Morgan fingerprint density at radius 3 is 2.56 bits per heavy atom. The van der Waals surface area contributed by atoms with E-state index >= 15 is 0 Å². The molecule has 0 aliphatic heterocycles. The Balaban J connectivity index is 2.05. The van der Waals surface area contributed by atoms with Crippen LogP contribution in [0.5, 0.6) is 0 Å². The summed E-state index contributed by atoms with van der Waals surface area (Å²) in [4.78, 5) is 22.1. The number of amides is 1. The zero-order valence-electron chi connectivity index (χ0n) is 11.3. The summed E-state index contributed by atoms with van der Waals surface area (Å²) in [5.41, 5.74) is 0. The first-order chi connectivity index (χ1) is 8.59. The highest BCUT2D eigenvalue weighted by Crippen LogP contribution is 2.30. The molecule has 0 heterocycles. The monoisotopic (exact) mass is 255 g/mol. The summed E-state index contributed by atoms with van der Waals surface area (Å²) in [6.07, 6.45) is 7.74. The number of carbonyl (C=O) groups excluding carboxylic acids is 1. The number of rotatable bonds is 8. The minimum absolute atomic E-state index is 0.0903. The summed E-state index contributed by atoms with van der Waals surface area (Å²) < 4.78 is 0. The number of hydrogen-bond acceptors (Lipinski definition) is 2. The van der Waals surface area contributed by atoms with Gasteiger partial charge >= 0.3 is 5.97 Å². The molecule has 104 valence electrons. The molecule has 0 aromatic carbocycles. The summed E-state index contributed by atoms with van der Waals surface area (Å²) in [7, 11) is 0. The van der Waals surface area contributed by atoms with E-state index in [9.17, 15) is 9.59 Å². The molecule has 1 saturated carbocycles. The minimum atomic E-state index is -0.768. The molecule has 2 N–H and O–H groups in total. The number of hydrogen-bond donors (Lipinski definition) is 2. The first-order valence-electron chi connectivity index (χ1n) is 7.09. The molecule has 1 fully saturated rings. The summed E-state index contributed by atoms with van der Waals surface area (Å²) in [5.74, 6) is 0.179. The number of aliphatic carboxylic acids is 1. The molecule has 18 heavy (non-hydrogen) atoms. The SMILES string of the molecule is CC(CC1CCCC1)C(=O)NCCCCC(=O)O. The average Bonchev–Trinajstić information content (AvgIpc) is 2.80. The zero-order chi connectivity index (χ0) is 13.4. The van der Waals surface area contributed by atoms with Gasteiger partial charge in [-0.25, -0.2) is 0 Å². The molecule has 0 aromatic rings. The van der Waals surface area contributed by atoms with Crippen LogP contribution in [-0.4, -0.2) is 23.5 Å². The van der Waals surface area contributed by atoms with Gasteiger partial charge in [0, 0.05) is 18.9 Å². The molecule has 1 amide bonds. The molecule has 0 spiro atoms. The second-order valence-electron chi connectivity index (χ2n) is 5.43. The van der Waals surface area contributed by atoms with Crippen molar-refractivity contribution in [3.8, 4) is 0 Å². The van der Waals surface area contributed by atoms with Gasteiger partial charge in [0.25, 0.3) is 0 Å². The fourth-order valence-corrected chi connectivity index (χ4v) is 2.64. The van der Waals surface area contributed by atoms with Crippen molar-refractivity contribution in [2.75, 3.05) is 6.54 Å². The van der Waals surface area contributed by atoms with E-state index in [-0.39, 0.29) is 18.2 Å². The van der Waals surface area contributed by atoms with Crippen LogP contribution in [0.1, 0.15) is 58.3 Å². The van der Waals surface area contributed by atoms with Crippen LogP contribution in [0.25, 0.3) is 0 Å². The molecule has 1 aliphatic carbocycles. The van der Waals surface area contributed by atoms with Crippen LogP contribution in [0, 0.1) is 11.8 Å². The van der Waals surface area contributed by atoms with Gasteiger partial charge in [-0.2, -0.15) is 0 Å². The van der Waals surface area contributed by atoms with E-state index in [1.807, 2.05) is 6.92 Å². The van der Waals surface area contributed by atoms with Crippen molar-refractivity contribution >= 4 is 11.9 Å². The van der Waals surface area contributed by atoms with E-state index in [1.54, 1.807) is 0 Å². The highest BCUT2D eigenvalue weighted by Gasteiger charge is 2.21. The van der Waals surface area contributed by atoms with Crippen LogP contribution in [0.15, 0.2) is 0 Å². The Morgan fingerprint density at radius 1 is 1.28 bits per heavy atom. The van der Waals surface area contributed by atoms with E-state index in [1.165, 1.54) is 25.7 Å². The Hall–Kier alpha value is -1.06. The number of carboxylic acid groups (broad SMARTS) is 1. The lowest BCUT2D eigenvalue weighted by Crippen LogP contribution is -2.31. The van der Waals surface area contributed by atoms with Gasteiger partial charge in [-0.1, -0.05) is 32.6 Å². The van der Waals surface area contributed by atoms with E-state index in [4.69, 9.17) is 5.11 Å². The lowest BCUT2D eigenvalue weighted by molar-refractivity contribution is -0.137. The van der Waals surface area contributed by atoms with Crippen molar-refractivity contribution in [1.29, 1.82) is 0 Å². The molecule has 1 rings (SSSR count). The van der Waals surface area contributed by atoms with Gasteiger partial charge in [0.2, 0.25) is 5.91 Å². The van der Waals surface area contributed by atoms with Gasteiger partial charge in [-0.3, -0.25) is 9.59 Å². The van der Waals surface area contributed by atoms with E-state index in [2.05, 4.69) is 5.32 Å². The lowest BCUT2D eigenvalue weighted by Gasteiger charge is -2.16. The van der Waals surface area contributed by atoms with Crippen LogP contribution in [0.2, 0.25) is 0 Å². The quantitative estimate of drug-likeness (QED) is 0.655. The summed E-state index contributed by atoms with van der Waals surface area (Å²) >= 11 is 0. The van der Waals surface area contributed by atoms with Gasteiger partial charge in [-0.05, 0) is 25.2 Å². The topological polar surface area (TPSA) is 66.4 Å². The highest BCUT2D eigenvalue weighted by molar-refractivity contribution is 5.78. The fourth-order valence-electron chi connectivity index (χ4n) is 2.64. The third-order valence-corrected chi connectivity index (χ3v) is 3.73. The van der Waals surface area contributed by atoms with Crippen LogP contribution in [0.4, 0.5) is 0 Å². The van der Waals surface area contributed by atoms with Crippen LogP contribution in [-0.2, 0) is 9.59 Å². The first kappa shape index (κ1) is 15.0. The van der Waals surface area contributed by atoms with Crippen molar-refractivity contribution < 1.29 is 14.7 Å². The molecule has 1 atom stereocenters. The maximum absolute atomic E-state index is 11.8. The molecule has 4 nitrogen and oxygen atoms in total. The van der Waals surface area contributed by atoms with E-state index in [0.717, 1.165) is 18.8 Å². The molecule has 0 aromatic heterocycles. The van der Waals surface area contributed by atoms with E-state index in [0.29, 0.717) is 13.0 Å². The van der Waals surface area contributed by atoms with Crippen LogP contribution in [0.3, 0.4) is 0 Å². The first-order valence-corrected chi connectivity index (χ1v) is 7.09. The maximum Gasteiger partial charge on any atom is 0.303 e. The third-order valence-electron chi connectivity index (χ3n) is 3.73. The Morgan fingerprint density at radius 2 is 1.94 bits per heavy atom. The second-order valence-corrected chi connectivity index (χ2v) is 5.43. The normalized spacial score (nSPS) is 17.6. The Kier molecular flexibility index (Phi) is 6.76. The standard InChI is InChI=1S/C14H25NO3/c1-11(10-12-6-2-3-7-12)14(18)15-9-5-4-8-13(16)17/h11-12H,2-10H2,1H3,(H,15,18)(H,16,17). The average molecular weight is 255 g/mol. The minimum Gasteiger partial charge on any atom is -0.481 e. The molecule has 0 bridgehead atoms. The molecular weight excluding hydrogens is 230 g/mol. The Bertz CT molecular complexity index is 272. The molecule has 0 saturated heterocycles.